The van der Waals surface area contributed by atoms with Crippen LogP contribution in [0.2, 0.25) is 0 Å². The predicted octanol–water partition coefficient (Wildman–Crippen LogP) is 1.97. The summed E-state index contributed by atoms with van der Waals surface area (Å²) in [5.74, 6) is -0.674. The maximum Gasteiger partial charge on any atom is 0.266 e. The molecule has 0 unspecified atom stereocenters. The standard InChI is InChI=1S/C12H13BrN2O3S/c1-2-5-19(17,18)15-12(16)10-6-9(13)7-14-11(10)8-3-4-8/h2,6-8H,1,3-5H2,(H,15,16). The molecule has 2 rings (SSSR count). The first-order chi connectivity index (χ1) is 8.93. The Morgan fingerprint density at radius 2 is 2.26 bits per heavy atom. The Hall–Kier alpha value is -1.21. The summed E-state index contributed by atoms with van der Waals surface area (Å²) in [6.45, 7) is 3.35. The zero-order chi connectivity index (χ0) is 14.0. The van der Waals surface area contributed by atoms with E-state index in [1.54, 1.807) is 12.3 Å². The summed E-state index contributed by atoms with van der Waals surface area (Å²) in [4.78, 5) is 16.3. The number of halogens is 1. The number of hydrogen-bond acceptors (Lipinski definition) is 4. The Morgan fingerprint density at radius 3 is 2.84 bits per heavy atom. The van der Waals surface area contributed by atoms with Crippen LogP contribution in [-0.4, -0.2) is 25.1 Å². The van der Waals surface area contributed by atoms with Crippen molar-refractivity contribution < 1.29 is 13.2 Å². The van der Waals surface area contributed by atoms with E-state index >= 15 is 0 Å². The molecule has 0 saturated heterocycles. The van der Waals surface area contributed by atoms with Gasteiger partial charge in [-0.1, -0.05) is 6.08 Å². The highest BCUT2D eigenvalue weighted by atomic mass is 79.9. The molecule has 1 aromatic rings. The third-order valence-corrected chi connectivity index (χ3v) is 4.28. The van der Waals surface area contributed by atoms with Crippen LogP contribution in [0.15, 0.2) is 29.4 Å². The molecular formula is C12H13BrN2O3S. The Balaban J connectivity index is 2.28. The van der Waals surface area contributed by atoms with Gasteiger partial charge in [0.2, 0.25) is 10.0 Å². The van der Waals surface area contributed by atoms with E-state index < -0.39 is 15.9 Å². The van der Waals surface area contributed by atoms with E-state index in [1.807, 2.05) is 4.72 Å². The van der Waals surface area contributed by atoms with Gasteiger partial charge in [-0.25, -0.2) is 13.1 Å². The van der Waals surface area contributed by atoms with Gasteiger partial charge in [0.05, 0.1) is 17.0 Å². The number of nitrogens with zero attached hydrogens (tertiary/aromatic N) is 1. The van der Waals surface area contributed by atoms with Crippen molar-refractivity contribution in [2.75, 3.05) is 5.75 Å². The molecule has 1 saturated carbocycles. The van der Waals surface area contributed by atoms with Gasteiger partial charge < -0.3 is 0 Å². The van der Waals surface area contributed by atoms with Gasteiger partial charge in [-0.05, 0) is 34.8 Å². The number of pyridine rings is 1. The fourth-order valence-corrected chi connectivity index (χ4v) is 2.82. The van der Waals surface area contributed by atoms with E-state index in [1.165, 1.54) is 6.08 Å². The first kappa shape index (κ1) is 14.2. The van der Waals surface area contributed by atoms with Crippen molar-refractivity contribution >= 4 is 31.9 Å². The average molecular weight is 345 g/mol. The van der Waals surface area contributed by atoms with E-state index in [0.717, 1.165) is 12.8 Å². The zero-order valence-electron chi connectivity index (χ0n) is 10.1. The van der Waals surface area contributed by atoms with Crippen LogP contribution < -0.4 is 4.72 Å². The average Bonchev–Trinajstić information content (AvgIpc) is 3.12. The molecule has 1 aromatic heterocycles. The molecular weight excluding hydrogens is 332 g/mol. The summed E-state index contributed by atoms with van der Waals surface area (Å²) < 4.78 is 25.8. The van der Waals surface area contributed by atoms with Crippen LogP contribution >= 0.6 is 15.9 Å². The molecule has 0 aromatic carbocycles. The van der Waals surface area contributed by atoms with Crippen molar-refractivity contribution in [1.29, 1.82) is 0 Å². The largest absolute Gasteiger partial charge is 0.268 e. The number of carbonyl (C=O) groups is 1. The lowest BCUT2D eigenvalue weighted by atomic mass is 10.1. The molecule has 0 bridgehead atoms. The highest BCUT2D eigenvalue weighted by Crippen LogP contribution is 2.40. The maximum absolute atomic E-state index is 12.1. The number of amides is 1. The predicted molar refractivity (Wildman–Crippen MR) is 75.4 cm³/mol. The molecule has 19 heavy (non-hydrogen) atoms. The van der Waals surface area contributed by atoms with Crippen LogP contribution in [0.1, 0.15) is 34.8 Å². The van der Waals surface area contributed by atoms with E-state index in [0.29, 0.717) is 15.7 Å². The van der Waals surface area contributed by atoms with Crippen molar-refractivity contribution in [3.8, 4) is 0 Å². The van der Waals surface area contributed by atoms with Crippen LogP contribution in [0.25, 0.3) is 0 Å². The van der Waals surface area contributed by atoms with Crippen molar-refractivity contribution in [2.24, 2.45) is 0 Å². The van der Waals surface area contributed by atoms with E-state index in [-0.39, 0.29) is 11.7 Å². The molecule has 0 aliphatic heterocycles. The number of rotatable bonds is 5. The number of carbonyl (C=O) groups excluding carboxylic acids is 1. The minimum Gasteiger partial charge on any atom is -0.268 e. The molecule has 1 fully saturated rings. The third kappa shape index (κ3) is 3.63. The number of nitrogens with one attached hydrogen (secondary N) is 1. The van der Waals surface area contributed by atoms with Crippen molar-refractivity contribution in [3.05, 3.63) is 40.6 Å². The minimum absolute atomic E-state index is 0.260. The highest BCUT2D eigenvalue weighted by molar-refractivity contribution is 9.10. The minimum atomic E-state index is -3.67. The van der Waals surface area contributed by atoms with Crippen molar-refractivity contribution in [1.82, 2.24) is 9.71 Å². The summed E-state index contributed by atoms with van der Waals surface area (Å²) in [6, 6.07) is 1.60. The lowest BCUT2D eigenvalue weighted by Crippen LogP contribution is -2.32. The van der Waals surface area contributed by atoms with Crippen LogP contribution in [0, 0.1) is 0 Å². The Kier molecular flexibility index (Phi) is 4.05. The monoisotopic (exact) mass is 344 g/mol. The van der Waals surface area contributed by atoms with Gasteiger partial charge in [-0.3, -0.25) is 9.78 Å². The lowest BCUT2D eigenvalue weighted by Gasteiger charge is -2.09. The number of hydrogen-bond donors (Lipinski definition) is 1. The summed E-state index contributed by atoms with van der Waals surface area (Å²) in [5, 5.41) is 0. The normalized spacial score (nSPS) is 15.0. The molecule has 1 heterocycles. The Labute approximate surface area is 120 Å². The van der Waals surface area contributed by atoms with Gasteiger partial charge in [0.1, 0.15) is 0 Å². The van der Waals surface area contributed by atoms with E-state index in [2.05, 4.69) is 27.5 Å². The Bertz CT molecular complexity index is 624. The van der Waals surface area contributed by atoms with Gasteiger partial charge >= 0.3 is 0 Å². The maximum atomic E-state index is 12.1. The molecule has 0 radical (unpaired) electrons. The topological polar surface area (TPSA) is 76.1 Å². The van der Waals surface area contributed by atoms with E-state index in [9.17, 15) is 13.2 Å². The van der Waals surface area contributed by atoms with Gasteiger partial charge in [-0.2, -0.15) is 0 Å². The van der Waals surface area contributed by atoms with Gasteiger partial charge in [-0.15, -0.1) is 6.58 Å². The fraction of sp³-hybridized carbons (Fsp3) is 0.333. The second-order valence-corrected chi connectivity index (χ2v) is 7.04. The molecule has 102 valence electrons. The second kappa shape index (κ2) is 5.42. The molecule has 1 amide bonds. The molecule has 0 spiro atoms. The highest BCUT2D eigenvalue weighted by Gasteiger charge is 2.30. The van der Waals surface area contributed by atoms with Crippen molar-refractivity contribution in [3.63, 3.8) is 0 Å². The number of aromatic nitrogens is 1. The zero-order valence-corrected chi connectivity index (χ0v) is 12.5. The summed E-state index contributed by atoms with van der Waals surface area (Å²) in [6.07, 6.45) is 4.81. The van der Waals surface area contributed by atoms with Crippen LogP contribution in [0.4, 0.5) is 0 Å². The quantitative estimate of drug-likeness (QED) is 0.828. The van der Waals surface area contributed by atoms with Gasteiger partial charge in [0, 0.05) is 16.6 Å². The summed E-state index contributed by atoms with van der Waals surface area (Å²) >= 11 is 3.24. The summed E-state index contributed by atoms with van der Waals surface area (Å²) in [7, 11) is -3.67. The fourth-order valence-electron chi connectivity index (χ4n) is 1.71. The molecule has 1 N–H and O–H groups in total. The smallest absolute Gasteiger partial charge is 0.266 e. The third-order valence-electron chi connectivity index (χ3n) is 2.68. The van der Waals surface area contributed by atoms with Crippen molar-refractivity contribution in [2.45, 2.75) is 18.8 Å². The van der Waals surface area contributed by atoms with Crippen LogP contribution in [0.5, 0.6) is 0 Å². The van der Waals surface area contributed by atoms with E-state index in [4.69, 9.17) is 0 Å². The molecule has 5 nitrogen and oxygen atoms in total. The molecule has 0 atom stereocenters. The molecule has 1 aliphatic carbocycles. The van der Waals surface area contributed by atoms with Gasteiger partial charge in [0.25, 0.3) is 5.91 Å². The second-order valence-electron chi connectivity index (χ2n) is 4.36. The van der Waals surface area contributed by atoms with Gasteiger partial charge in [0.15, 0.2) is 0 Å². The molecule has 7 heteroatoms. The lowest BCUT2D eigenvalue weighted by molar-refractivity contribution is 0.0980. The molecule has 1 aliphatic rings. The van der Waals surface area contributed by atoms with Crippen LogP contribution in [0.3, 0.4) is 0 Å². The Morgan fingerprint density at radius 1 is 1.58 bits per heavy atom. The first-order valence-electron chi connectivity index (χ1n) is 5.74. The van der Waals surface area contributed by atoms with Crippen LogP contribution in [-0.2, 0) is 10.0 Å². The SMILES string of the molecule is C=CCS(=O)(=O)NC(=O)c1cc(Br)cnc1C1CC1. The first-order valence-corrected chi connectivity index (χ1v) is 8.18. The number of sulfonamides is 1. The summed E-state index contributed by atoms with van der Waals surface area (Å²) in [5.41, 5.74) is 0.971.